The van der Waals surface area contributed by atoms with E-state index in [-0.39, 0.29) is 42.2 Å². The molecule has 1 fully saturated rings. The van der Waals surface area contributed by atoms with Crippen molar-refractivity contribution in [2.45, 2.75) is 37.2 Å². The second kappa shape index (κ2) is 9.60. The molecule has 3 rings (SSSR count). The lowest BCUT2D eigenvalue weighted by atomic mass is 9.79. The maximum atomic E-state index is 12.7. The van der Waals surface area contributed by atoms with Crippen LogP contribution in [0.2, 0.25) is 0 Å². The van der Waals surface area contributed by atoms with Crippen LogP contribution in [0.3, 0.4) is 0 Å². The average Bonchev–Trinajstić information content (AvgIpc) is 3.09. The van der Waals surface area contributed by atoms with Gasteiger partial charge in [-0.3, -0.25) is 9.89 Å². The van der Waals surface area contributed by atoms with Gasteiger partial charge < -0.3 is 10.6 Å². The van der Waals surface area contributed by atoms with Gasteiger partial charge in [-0.25, -0.2) is 4.98 Å². The number of hydrogen-bond acceptors (Lipinski definition) is 5. The summed E-state index contributed by atoms with van der Waals surface area (Å²) in [4.78, 5) is 18.7. The van der Waals surface area contributed by atoms with Gasteiger partial charge in [-0.15, -0.1) is 24.8 Å². The number of likely N-dealkylation sites (tertiary alicyclic amines) is 1. The van der Waals surface area contributed by atoms with E-state index in [1.807, 2.05) is 29.2 Å². The molecule has 0 saturated carbocycles. The molecule has 0 aliphatic carbocycles. The molecule has 1 aromatic carbocycles. The number of thioether (sulfide) groups is 1. The van der Waals surface area contributed by atoms with Crippen LogP contribution in [0.25, 0.3) is 0 Å². The molecule has 0 radical (unpaired) electrons. The molecule has 26 heavy (non-hydrogen) atoms. The fourth-order valence-electron chi connectivity index (χ4n) is 2.89. The van der Waals surface area contributed by atoms with Crippen molar-refractivity contribution < 1.29 is 4.79 Å². The number of nitrogens with zero attached hydrogens (tertiary/aromatic N) is 3. The molecule has 1 aliphatic heterocycles. The number of carbonyl (C=O) groups excluding carboxylic acids is 1. The second-order valence-electron chi connectivity index (χ2n) is 6.89. The monoisotopic (exact) mass is 417 g/mol. The van der Waals surface area contributed by atoms with E-state index < -0.39 is 0 Å². The van der Waals surface area contributed by atoms with Gasteiger partial charge >= 0.3 is 0 Å². The number of rotatable bonds is 4. The van der Waals surface area contributed by atoms with Crippen LogP contribution < -0.4 is 5.73 Å². The lowest BCUT2D eigenvalue weighted by molar-refractivity contribution is 0.0533. The average molecular weight is 418 g/mol. The Morgan fingerprint density at radius 1 is 1.35 bits per heavy atom. The minimum absolute atomic E-state index is 0. The first-order chi connectivity index (χ1) is 11.5. The molecule has 1 amide bonds. The molecule has 9 heteroatoms. The van der Waals surface area contributed by atoms with Crippen molar-refractivity contribution in [3.63, 3.8) is 0 Å². The van der Waals surface area contributed by atoms with E-state index in [4.69, 9.17) is 5.73 Å². The Bertz CT molecular complexity index is 694. The van der Waals surface area contributed by atoms with Crippen molar-refractivity contribution in [1.82, 2.24) is 20.1 Å². The normalized spacial score (nSPS) is 18.6. The number of carbonyl (C=O) groups is 1. The smallest absolute Gasteiger partial charge is 0.253 e. The third-order valence-electron chi connectivity index (χ3n) is 4.57. The minimum Gasteiger partial charge on any atom is -0.338 e. The summed E-state index contributed by atoms with van der Waals surface area (Å²) < 4.78 is 0. The van der Waals surface area contributed by atoms with Crippen molar-refractivity contribution in [3.05, 3.63) is 41.7 Å². The first-order valence-corrected chi connectivity index (χ1v) is 9.06. The van der Waals surface area contributed by atoms with E-state index in [2.05, 4.69) is 29.0 Å². The summed E-state index contributed by atoms with van der Waals surface area (Å²) in [5.74, 6) is 0.874. The molecule has 1 aromatic heterocycles. The van der Waals surface area contributed by atoms with Gasteiger partial charge in [0.2, 0.25) is 0 Å². The van der Waals surface area contributed by atoms with Crippen molar-refractivity contribution in [3.8, 4) is 0 Å². The van der Waals surface area contributed by atoms with Crippen LogP contribution in [0.4, 0.5) is 0 Å². The first-order valence-electron chi connectivity index (χ1n) is 8.08. The Balaban J connectivity index is 0.00000169. The van der Waals surface area contributed by atoms with Crippen molar-refractivity contribution >= 4 is 42.5 Å². The van der Waals surface area contributed by atoms with Gasteiger partial charge in [0.05, 0.1) is 0 Å². The Hall–Kier alpha value is -1.28. The highest BCUT2D eigenvalue weighted by molar-refractivity contribution is 7.98. The van der Waals surface area contributed by atoms with Crippen LogP contribution in [0.15, 0.2) is 35.7 Å². The highest BCUT2D eigenvalue weighted by Crippen LogP contribution is 2.28. The number of amides is 1. The zero-order valence-electron chi connectivity index (χ0n) is 14.8. The number of nitrogens with two attached hydrogens (primary N) is 1. The second-order valence-corrected chi connectivity index (χ2v) is 7.85. The van der Waals surface area contributed by atoms with Crippen LogP contribution in [0.1, 0.15) is 36.2 Å². The van der Waals surface area contributed by atoms with Gasteiger partial charge in [-0.1, -0.05) is 37.7 Å². The fourth-order valence-corrected chi connectivity index (χ4v) is 3.62. The number of aromatic amines is 1. The quantitative estimate of drug-likeness (QED) is 0.745. The molecule has 144 valence electrons. The first kappa shape index (κ1) is 22.8. The zero-order valence-corrected chi connectivity index (χ0v) is 17.3. The van der Waals surface area contributed by atoms with Gasteiger partial charge in [-0.2, -0.15) is 5.10 Å². The standard InChI is InChI=1S/C17H23N5OS.2ClH/c1-17(2)10-22(8-7-14(17)18)15(23)13-5-3-12(4-6-13)9-24-16-19-11-20-21-16;;/h3-6,11,14H,7-10,18H2,1-2H3,(H,19,20,21);2*1H. The van der Waals surface area contributed by atoms with Gasteiger partial charge in [0.25, 0.3) is 5.91 Å². The third-order valence-corrected chi connectivity index (χ3v) is 5.52. The van der Waals surface area contributed by atoms with Gasteiger partial charge in [-0.05, 0) is 29.5 Å². The summed E-state index contributed by atoms with van der Waals surface area (Å²) in [5.41, 5.74) is 7.99. The largest absolute Gasteiger partial charge is 0.338 e. The molecular formula is C17H25Cl2N5OS. The van der Waals surface area contributed by atoms with Gasteiger partial charge in [0.15, 0.2) is 5.16 Å². The van der Waals surface area contributed by atoms with Crippen molar-refractivity contribution in [2.24, 2.45) is 11.1 Å². The van der Waals surface area contributed by atoms with Crippen LogP contribution >= 0.6 is 36.6 Å². The molecule has 2 heterocycles. The number of benzene rings is 1. The Labute approximate surface area is 170 Å². The molecule has 1 unspecified atom stereocenters. The molecule has 6 nitrogen and oxygen atoms in total. The van der Waals surface area contributed by atoms with Crippen molar-refractivity contribution in [2.75, 3.05) is 13.1 Å². The maximum Gasteiger partial charge on any atom is 0.253 e. The number of halogens is 2. The number of aromatic nitrogens is 3. The summed E-state index contributed by atoms with van der Waals surface area (Å²) in [6.45, 7) is 5.68. The summed E-state index contributed by atoms with van der Waals surface area (Å²) in [5, 5.41) is 7.44. The van der Waals surface area contributed by atoms with Gasteiger partial charge in [0, 0.05) is 30.4 Å². The lowest BCUT2D eigenvalue weighted by Gasteiger charge is -2.42. The molecule has 0 spiro atoms. The van der Waals surface area contributed by atoms with Crippen LogP contribution in [0.5, 0.6) is 0 Å². The van der Waals surface area contributed by atoms with Crippen LogP contribution in [-0.4, -0.2) is 45.1 Å². The van der Waals surface area contributed by atoms with E-state index in [9.17, 15) is 4.79 Å². The topological polar surface area (TPSA) is 87.9 Å². The molecule has 0 bridgehead atoms. The summed E-state index contributed by atoms with van der Waals surface area (Å²) in [7, 11) is 0. The Kier molecular flexibility index (Phi) is 8.40. The summed E-state index contributed by atoms with van der Waals surface area (Å²) >= 11 is 1.58. The number of piperidine rings is 1. The summed E-state index contributed by atoms with van der Waals surface area (Å²) in [6.07, 6.45) is 2.35. The van der Waals surface area contributed by atoms with Gasteiger partial charge in [0.1, 0.15) is 6.33 Å². The fraction of sp³-hybridized carbons (Fsp3) is 0.471. The SMILES string of the molecule is CC1(C)CN(C(=O)c2ccc(CSc3ncn[nH]3)cc2)CCC1N.Cl.Cl. The number of hydrogen-bond donors (Lipinski definition) is 2. The van der Waals surface area contributed by atoms with E-state index in [1.165, 1.54) is 6.33 Å². The van der Waals surface area contributed by atoms with Crippen molar-refractivity contribution in [1.29, 1.82) is 0 Å². The van der Waals surface area contributed by atoms with E-state index in [0.29, 0.717) is 6.54 Å². The molecule has 3 N–H and O–H groups in total. The molecular weight excluding hydrogens is 393 g/mol. The lowest BCUT2D eigenvalue weighted by Crippen LogP contribution is -2.53. The minimum atomic E-state index is -0.0401. The van der Waals surface area contributed by atoms with Crippen LogP contribution in [0, 0.1) is 5.41 Å². The predicted octanol–water partition coefficient (Wildman–Crippen LogP) is 3.14. The Morgan fingerprint density at radius 2 is 2.04 bits per heavy atom. The third kappa shape index (κ3) is 5.36. The van der Waals surface area contributed by atoms with E-state index in [1.54, 1.807) is 11.8 Å². The number of nitrogens with one attached hydrogen (secondary N) is 1. The predicted molar refractivity (Wildman–Crippen MR) is 109 cm³/mol. The number of H-pyrrole nitrogens is 1. The highest BCUT2D eigenvalue weighted by Gasteiger charge is 2.35. The molecule has 1 saturated heterocycles. The zero-order chi connectivity index (χ0) is 17.2. The maximum absolute atomic E-state index is 12.7. The molecule has 1 atom stereocenters. The highest BCUT2D eigenvalue weighted by atomic mass is 35.5. The van der Waals surface area contributed by atoms with E-state index in [0.717, 1.165) is 35.0 Å². The molecule has 1 aliphatic rings. The summed E-state index contributed by atoms with van der Waals surface area (Å²) in [6, 6.07) is 7.95. The Morgan fingerprint density at radius 3 is 2.62 bits per heavy atom. The molecule has 2 aromatic rings. The van der Waals surface area contributed by atoms with Crippen LogP contribution in [-0.2, 0) is 5.75 Å². The van der Waals surface area contributed by atoms with E-state index >= 15 is 0 Å².